The minimum atomic E-state index is -2.71. The Morgan fingerprint density at radius 2 is 1.69 bits per heavy atom. The van der Waals surface area contributed by atoms with E-state index in [1.54, 1.807) is 0 Å². The molecule has 0 bridgehead atoms. The van der Waals surface area contributed by atoms with Crippen LogP contribution in [-0.4, -0.2) is 8.76 Å². The van der Waals surface area contributed by atoms with Crippen LogP contribution >= 0.6 is 34.8 Å². The average Bonchev–Trinajstić information content (AvgIpc) is 1.96. The first kappa shape index (κ1) is 11.1. The Morgan fingerprint density at radius 1 is 1.23 bits per heavy atom. The number of hydrogen-bond acceptors (Lipinski definition) is 3. The molecule has 3 nitrogen and oxygen atoms in total. The van der Waals surface area contributed by atoms with Crippen molar-refractivity contribution < 1.29 is 12.9 Å². The largest absolute Gasteiger partial charge is 0.740 e. The van der Waals surface area contributed by atoms with Crippen LogP contribution in [0, 0.1) is 0 Å². The molecule has 0 aliphatic carbocycles. The minimum absolute atomic E-state index is 0.0432. The van der Waals surface area contributed by atoms with Crippen LogP contribution in [0.5, 0.6) is 5.75 Å². The second kappa shape index (κ2) is 4.48. The maximum Gasteiger partial charge on any atom is 0.176 e. The molecule has 0 saturated heterocycles. The van der Waals surface area contributed by atoms with Gasteiger partial charge in [0, 0.05) is 5.02 Å². The van der Waals surface area contributed by atoms with Gasteiger partial charge in [-0.3, -0.25) is 0 Å². The van der Waals surface area contributed by atoms with Crippen molar-refractivity contribution in [2.75, 3.05) is 0 Å². The smallest absolute Gasteiger partial charge is 0.176 e. The summed E-state index contributed by atoms with van der Waals surface area (Å²) in [5.74, 6) is -0.124. The average molecular weight is 261 g/mol. The maximum absolute atomic E-state index is 10.2. The Bertz CT molecular complexity index is 332. The Morgan fingerprint density at radius 3 is 2.08 bits per heavy atom. The van der Waals surface area contributed by atoms with E-state index >= 15 is 0 Å². The second-order valence-electron chi connectivity index (χ2n) is 1.99. The maximum atomic E-state index is 10.2. The summed E-state index contributed by atoms with van der Waals surface area (Å²) in [6.07, 6.45) is 0. The topological polar surface area (TPSA) is 49.4 Å². The molecule has 0 amide bonds. The zero-order valence-corrected chi connectivity index (χ0v) is 9.01. The molecule has 1 unspecified atom stereocenters. The summed E-state index contributed by atoms with van der Waals surface area (Å²) in [5, 5.41) is 0.391. The summed E-state index contributed by atoms with van der Waals surface area (Å²) < 4.78 is 24.7. The lowest BCUT2D eigenvalue weighted by Crippen LogP contribution is -1.98. The number of benzene rings is 1. The highest BCUT2D eigenvalue weighted by molar-refractivity contribution is 7.74. The van der Waals surface area contributed by atoms with E-state index in [1.165, 1.54) is 12.1 Å². The molecule has 0 radical (unpaired) electrons. The minimum Gasteiger partial charge on any atom is -0.740 e. The Hall–Kier alpha value is -0.000000000000000167. The molecule has 0 fully saturated rings. The van der Waals surface area contributed by atoms with Gasteiger partial charge in [0.1, 0.15) is 11.4 Å². The molecule has 0 saturated carbocycles. The van der Waals surface area contributed by atoms with Crippen molar-refractivity contribution in [3.8, 4) is 5.75 Å². The van der Waals surface area contributed by atoms with Crippen molar-refractivity contribution in [2.45, 2.75) is 0 Å². The van der Waals surface area contributed by atoms with Gasteiger partial charge in [-0.1, -0.05) is 34.8 Å². The predicted octanol–water partition coefficient (Wildman–Crippen LogP) is 2.82. The molecule has 0 aliphatic heterocycles. The van der Waals surface area contributed by atoms with Gasteiger partial charge in [0.05, 0.1) is 10.0 Å². The fraction of sp³-hybridized carbons (Fsp3) is 0. The van der Waals surface area contributed by atoms with Crippen LogP contribution in [0.1, 0.15) is 0 Å². The first-order valence-corrected chi connectivity index (χ1v) is 5.06. The van der Waals surface area contributed by atoms with Gasteiger partial charge < -0.3 is 8.74 Å². The van der Waals surface area contributed by atoms with E-state index in [1.807, 2.05) is 0 Å². The van der Waals surface area contributed by atoms with Crippen LogP contribution in [0.25, 0.3) is 0 Å². The van der Waals surface area contributed by atoms with Crippen LogP contribution in [0.4, 0.5) is 0 Å². The van der Waals surface area contributed by atoms with E-state index in [2.05, 4.69) is 4.18 Å². The van der Waals surface area contributed by atoms with Gasteiger partial charge in [-0.25, -0.2) is 4.21 Å². The van der Waals surface area contributed by atoms with Gasteiger partial charge in [0.25, 0.3) is 0 Å². The summed E-state index contributed by atoms with van der Waals surface area (Å²) in [7, 11) is 0. The van der Waals surface area contributed by atoms with Crippen LogP contribution in [0.2, 0.25) is 15.1 Å². The summed E-state index contributed by atoms with van der Waals surface area (Å²) in [6, 6.07) is 2.66. The first-order chi connectivity index (χ1) is 6.00. The second-order valence-corrected chi connectivity index (χ2v) is 3.81. The van der Waals surface area contributed by atoms with Crippen LogP contribution in [0.3, 0.4) is 0 Å². The zero-order valence-electron chi connectivity index (χ0n) is 5.92. The Kier molecular flexibility index (Phi) is 3.82. The van der Waals surface area contributed by atoms with Gasteiger partial charge in [-0.15, -0.1) is 0 Å². The van der Waals surface area contributed by atoms with Crippen LogP contribution < -0.4 is 4.18 Å². The van der Waals surface area contributed by atoms with E-state index in [4.69, 9.17) is 34.8 Å². The van der Waals surface area contributed by atoms with E-state index in [9.17, 15) is 8.76 Å². The number of rotatable bonds is 2. The third-order valence-electron chi connectivity index (χ3n) is 1.11. The summed E-state index contributed by atoms with van der Waals surface area (Å²) in [6.45, 7) is 0. The molecule has 1 atom stereocenters. The molecule has 0 spiro atoms. The van der Waals surface area contributed by atoms with Crippen molar-refractivity contribution in [1.29, 1.82) is 0 Å². The highest BCUT2D eigenvalue weighted by Gasteiger charge is 2.09. The van der Waals surface area contributed by atoms with Gasteiger partial charge in [0.15, 0.2) is 5.75 Å². The van der Waals surface area contributed by atoms with Gasteiger partial charge in [-0.2, -0.15) is 0 Å². The third-order valence-corrected chi connectivity index (χ3v) is 2.20. The lowest BCUT2D eigenvalue weighted by Gasteiger charge is -2.10. The van der Waals surface area contributed by atoms with Crippen molar-refractivity contribution in [1.82, 2.24) is 0 Å². The van der Waals surface area contributed by atoms with E-state index < -0.39 is 11.4 Å². The van der Waals surface area contributed by atoms with Gasteiger partial charge >= 0.3 is 0 Å². The van der Waals surface area contributed by atoms with Gasteiger partial charge in [0.2, 0.25) is 0 Å². The summed E-state index contributed by atoms with van der Waals surface area (Å²) in [5.41, 5.74) is 0. The first-order valence-electron chi connectivity index (χ1n) is 2.93. The molecule has 0 aromatic heterocycles. The lowest BCUT2D eigenvalue weighted by molar-refractivity contribution is 0.440. The molecule has 7 heteroatoms. The van der Waals surface area contributed by atoms with Crippen molar-refractivity contribution in [2.24, 2.45) is 0 Å². The molecule has 0 aliphatic rings. The highest BCUT2D eigenvalue weighted by Crippen LogP contribution is 2.35. The van der Waals surface area contributed by atoms with Crippen LogP contribution in [0.15, 0.2) is 12.1 Å². The molecule has 1 aromatic rings. The molecule has 1 aromatic carbocycles. The van der Waals surface area contributed by atoms with Crippen molar-refractivity contribution >= 4 is 46.2 Å². The standard InChI is InChI=1S/C6H3Cl3O3S/c7-3-1-4(8)6(5(9)2-3)12-13(10)11/h1-2H,(H,10,11)/p-1. The number of halogens is 3. The molecule has 0 heterocycles. The molecule has 1 rings (SSSR count). The molecular formula is C6H2Cl3O3S-. The van der Waals surface area contributed by atoms with E-state index in [0.717, 1.165) is 0 Å². The SMILES string of the molecule is O=S([O-])Oc1c(Cl)cc(Cl)cc1Cl. The highest BCUT2D eigenvalue weighted by atomic mass is 35.5. The zero-order chi connectivity index (χ0) is 10.0. The third kappa shape index (κ3) is 3.00. The fourth-order valence-corrected chi connectivity index (χ4v) is 1.98. The van der Waals surface area contributed by atoms with E-state index in [-0.39, 0.29) is 15.8 Å². The molecule has 13 heavy (non-hydrogen) atoms. The quantitative estimate of drug-likeness (QED) is 0.768. The van der Waals surface area contributed by atoms with E-state index in [0.29, 0.717) is 5.02 Å². The molecule has 0 N–H and O–H groups in total. The lowest BCUT2D eigenvalue weighted by atomic mass is 10.3. The normalized spacial score (nSPS) is 12.6. The predicted molar refractivity (Wildman–Crippen MR) is 51.0 cm³/mol. The van der Waals surface area contributed by atoms with Crippen molar-refractivity contribution in [3.05, 3.63) is 27.2 Å². The van der Waals surface area contributed by atoms with Crippen molar-refractivity contribution in [3.63, 3.8) is 0 Å². The number of hydrogen-bond donors (Lipinski definition) is 0. The monoisotopic (exact) mass is 259 g/mol. The van der Waals surface area contributed by atoms with Gasteiger partial charge in [-0.05, 0) is 12.1 Å². The Labute approximate surface area is 92.0 Å². The molecular weight excluding hydrogens is 258 g/mol. The molecule has 72 valence electrons. The fourth-order valence-electron chi connectivity index (χ4n) is 0.677. The Balaban J connectivity index is 3.13. The summed E-state index contributed by atoms with van der Waals surface area (Å²) >= 11 is 14.1. The van der Waals surface area contributed by atoms with Crippen LogP contribution in [-0.2, 0) is 11.4 Å². The summed E-state index contributed by atoms with van der Waals surface area (Å²) in [4.78, 5) is 0.